The van der Waals surface area contributed by atoms with Crippen molar-refractivity contribution in [2.75, 3.05) is 25.0 Å². The van der Waals surface area contributed by atoms with Gasteiger partial charge in [0.1, 0.15) is 11.6 Å². The number of nitrogens with one attached hydrogen (secondary N) is 2. The molecule has 0 spiro atoms. The van der Waals surface area contributed by atoms with E-state index in [0.717, 1.165) is 24.5 Å². The standard InChI is InChI=1S/C16H23N5O2/c1-12-10-15(20(2)19-12)18-16(22)17-11-13(14-6-5-9-23-14)21-7-3-4-8-21/h5-6,9-10,13H,3-4,7-8,11H2,1-2H3,(H2,17,18,22)/t13-/m1/s1. The number of urea groups is 1. The highest BCUT2D eigenvalue weighted by Crippen LogP contribution is 2.24. The third kappa shape index (κ3) is 3.73. The van der Waals surface area contributed by atoms with E-state index in [9.17, 15) is 4.79 Å². The molecule has 1 saturated heterocycles. The molecule has 3 rings (SSSR count). The Kier molecular flexibility index (Phi) is 4.66. The number of anilines is 1. The predicted octanol–water partition coefficient (Wildman–Crippen LogP) is 2.28. The fraction of sp³-hybridized carbons (Fsp3) is 0.500. The summed E-state index contributed by atoms with van der Waals surface area (Å²) in [6.07, 6.45) is 4.06. The Balaban J connectivity index is 1.60. The molecule has 0 aromatic carbocycles. The molecule has 1 atom stereocenters. The van der Waals surface area contributed by atoms with Crippen molar-refractivity contribution in [2.45, 2.75) is 25.8 Å². The van der Waals surface area contributed by atoms with Crippen molar-refractivity contribution in [2.24, 2.45) is 7.05 Å². The molecule has 0 bridgehead atoms. The maximum absolute atomic E-state index is 12.2. The maximum Gasteiger partial charge on any atom is 0.320 e. The minimum atomic E-state index is -0.233. The van der Waals surface area contributed by atoms with Crippen molar-refractivity contribution < 1.29 is 9.21 Å². The number of hydrogen-bond acceptors (Lipinski definition) is 4. The Hall–Kier alpha value is -2.28. The van der Waals surface area contributed by atoms with Gasteiger partial charge in [-0.25, -0.2) is 4.79 Å². The van der Waals surface area contributed by atoms with Crippen molar-refractivity contribution in [3.05, 3.63) is 35.9 Å². The summed E-state index contributed by atoms with van der Waals surface area (Å²) < 4.78 is 7.21. The van der Waals surface area contributed by atoms with Gasteiger partial charge >= 0.3 is 6.03 Å². The topological polar surface area (TPSA) is 75.3 Å². The van der Waals surface area contributed by atoms with E-state index in [4.69, 9.17) is 4.42 Å². The first-order valence-electron chi connectivity index (χ1n) is 7.96. The summed E-state index contributed by atoms with van der Waals surface area (Å²) in [4.78, 5) is 14.5. The zero-order valence-corrected chi connectivity index (χ0v) is 13.6. The lowest BCUT2D eigenvalue weighted by atomic mass is 10.2. The monoisotopic (exact) mass is 317 g/mol. The smallest absolute Gasteiger partial charge is 0.320 e. The second-order valence-electron chi connectivity index (χ2n) is 5.90. The number of furan rings is 1. The molecule has 0 unspecified atom stereocenters. The van der Waals surface area contributed by atoms with E-state index in [1.807, 2.05) is 25.1 Å². The predicted molar refractivity (Wildman–Crippen MR) is 87.2 cm³/mol. The average Bonchev–Trinajstić information content (AvgIpc) is 3.24. The van der Waals surface area contributed by atoms with Gasteiger partial charge in [0.05, 0.1) is 18.0 Å². The lowest BCUT2D eigenvalue weighted by Crippen LogP contribution is -2.38. The molecule has 2 aromatic heterocycles. The Labute approximate surface area is 135 Å². The minimum absolute atomic E-state index is 0.0755. The number of rotatable bonds is 5. The Morgan fingerprint density at radius 3 is 2.83 bits per heavy atom. The Morgan fingerprint density at radius 2 is 2.22 bits per heavy atom. The molecule has 7 heteroatoms. The van der Waals surface area contributed by atoms with Crippen LogP contribution >= 0.6 is 0 Å². The van der Waals surface area contributed by atoms with E-state index < -0.39 is 0 Å². The number of aromatic nitrogens is 2. The molecule has 2 N–H and O–H groups in total. The minimum Gasteiger partial charge on any atom is -0.468 e. The van der Waals surface area contributed by atoms with Crippen LogP contribution in [0, 0.1) is 6.92 Å². The summed E-state index contributed by atoms with van der Waals surface area (Å²) in [6, 6.07) is 5.53. The number of amides is 2. The van der Waals surface area contributed by atoms with Crippen LogP contribution in [0.1, 0.15) is 30.3 Å². The van der Waals surface area contributed by atoms with Gasteiger partial charge in [0.25, 0.3) is 0 Å². The summed E-state index contributed by atoms with van der Waals surface area (Å²) in [5.74, 6) is 1.57. The van der Waals surface area contributed by atoms with E-state index in [0.29, 0.717) is 12.4 Å². The second-order valence-corrected chi connectivity index (χ2v) is 5.90. The van der Waals surface area contributed by atoms with Crippen LogP contribution in [0.2, 0.25) is 0 Å². The first-order valence-corrected chi connectivity index (χ1v) is 7.96. The SMILES string of the molecule is Cc1cc(NC(=O)NC[C@H](c2ccco2)N2CCCC2)n(C)n1. The highest BCUT2D eigenvalue weighted by molar-refractivity contribution is 5.88. The van der Waals surface area contributed by atoms with E-state index >= 15 is 0 Å². The molecule has 0 radical (unpaired) electrons. The summed E-state index contributed by atoms with van der Waals surface area (Å²) in [6.45, 7) is 4.48. The normalized spacial score (nSPS) is 16.4. The summed E-state index contributed by atoms with van der Waals surface area (Å²) in [5, 5.41) is 9.98. The van der Waals surface area contributed by atoms with Crippen LogP contribution in [0.3, 0.4) is 0 Å². The molecular weight excluding hydrogens is 294 g/mol. The largest absolute Gasteiger partial charge is 0.468 e. The average molecular weight is 317 g/mol. The van der Waals surface area contributed by atoms with Gasteiger partial charge in [0, 0.05) is 19.7 Å². The third-order valence-electron chi connectivity index (χ3n) is 4.15. The fourth-order valence-electron chi connectivity index (χ4n) is 3.02. The highest BCUT2D eigenvalue weighted by Gasteiger charge is 2.26. The zero-order chi connectivity index (χ0) is 16.2. The Bertz CT molecular complexity index is 643. The van der Waals surface area contributed by atoms with Crippen molar-refractivity contribution in [1.29, 1.82) is 0 Å². The van der Waals surface area contributed by atoms with Crippen LogP contribution < -0.4 is 10.6 Å². The van der Waals surface area contributed by atoms with E-state index in [1.165, 1.54) is 12.8 Å². The molecule has 0 saturated carbocycles. The van der Waals surface area contributed by atoms with Gasteiger partial charge in [0.2, 0.25) is 0 Å². The van der Waals surface area contributed by atoms with E-state index in [2.05, 4.69) is 20.6 Å². The number of carbonyl (C=O) groups excluding carboxylic acids is 1. The van der Waals surface area contributed by atoms with Crippen LogP contribution in [-0.4, -0.2) is 40.3 Å². The molecule has 124 valence electrons. The summed E-state index contributed by atoms with van der Waals surface area (Å²) in [5.41, 5.74) is 0.869. The molecule has 2 amide bonds. The van der Waals surface area contributed by atoms with Crippen LogP contribution in [-0.2, 0) is 7.05 Å². The van der Waals surface area contributed by atoms with E-state index in [1.54, 1.807) is 18.0 Å². The van der Waals surface area contributed by atoms with Gasteiger partial charge < -0.3 is 9.73 Å². The van der Waals surface area contributed by atoms with Crippen LogP contribution in [0.5, 0.6) is 0 Å². The van der Waals surface area contributed by atoms with Gasteiger partial charge in [-0.2, -0.15) is 5.10 Å². The van der Waals surface area contributed by atoms with Gasteiger partial charge in [-0.05, 0) is 45.0 Å². The van der Waals surface area contributed by atoms with Crippen molar-refractivity contribution in [3.63, 3.8) is 0 Å². The fourth-order valence-corrected chi connectivity index (χ4v) is 3.02. The quantitative estimate of drug-likeness (QED) is 0.887. The zero-order valence-electron chi connectivity index (χ0n) is 13.6. The first-order chi connectivity index (χ1) is 11.1. The van der Waals surface area contributed by atoms with Gasteiger partial charge in [0.15, 0.2) is 0 Å². The van der Waals surface area contributed by atoms with Gasteiger partial charge in [-0.3, -0.25) is 14.9 Å². The number of hydrogen-bond donors (Lipinski definition) is 2. The van der Waals surface area contributed by atoms with Gasteiger partial charge in [-0.15, -0.1) is 0 Å². The molecule has 1 fully saturated rings. The molecule has 2 aromatic rings. The molecule has 7 nitrogen and oxygen atoms in total. The number of likely N-dealkylation sites (tertiary alicyclic amines) is 1. The highest BCUT2D eigenvalue weighted by atomic mass is 16.3. The summed E-state index contributed by atoms with van der Waals surface area (Å²) in [7, 11) is 1.80. The number of carbonyl (C=O) groups is 1. The number of nitrogens with zero attached hydrogens (tertiary/aromatic N) is 3. The first kappa shape index (κ1) is 15.6. The molecule has 0 aliphatic carbocycles. The van der Waals surface area contributed by atoms with Crippen LogP contribution in [0.4, 0.5) is 10.6 Å². The van der Waals surface area contributed by atoms with Crippen LogP contribution in [0.25, 0.3) is 0 Å². The molecule has 3 heterocycles. The molecule has 1 aliphatic heterocycles. The molecular formula is C16H23N5O2. The van der Waals surface area contributed by atoms with E-state index in [-0.39, 0.29) is 12.1 Å². The summed E-state index contributed by atoms with van der Waals surface area (Å²) >= 11 is 0. The maximum atomic E-state index is 12.2. The second kappa shape index (κ2) is 6.87. The number of aryl methyl sites for hydroxylation is 2. The Morgan fingerprint density at radius 1 is 1.43 bits per heavy atom. The van der Waals surface area contributed by atoms with Crippen molar-refractivity contribution in [1.82, 2.24) is 20.0 Å². The van der Waals surface area contributed by atoms with Crippen LogP contribution in [0.15, 0.2) is 28.9 Å². The van der Waals surface area contributed by atoms with Gasteiger partial charge in [-0.1, -0.05) is 0 Å². The molecule has 1 aliphatic rings. The lowest BCUT2D eigenvalue weighted by molar-refractivity contribution is 0.206. The third-order valence-corrected chi connectivity index (χ3v) is 4.15. The van der Waals surface area contributed by atoms with Crippen molar-refractivity contribution >= 4 is 11.8 Å². The van der Waals surface area contributed by atoms with Crippen molar-refractivity contribution in [3.8, 4) is 0 Å². The molecule has 23 heavy (non-hydrogen) atoms. The lowest BCUT2D eigenvalue weighted by Gasteiger charge is -2.26.